The molecule has 0 aromatic heterocycles. The maximum absolute atomic E-state index is 11.5. The summed E-state index contributed by atoms with van der Waals surface area (Å²) in [6.45, 7) is 9.39. The van der Waals surface area contributed by atoms with Crippen LogP contribution in [0, 0.1) is 5.92 Å². The molecule has 0 aromatic rings. The molecule has 0 aliphatic carbocycles. The molecule has 5 heteroatoms. The van der Waals surface area contributed by atoms with E-state index in [1.54, 1.807) is 0 Å². The first-order chi connectivity index (χ1) is 8.13. The van der Waals surface area contributed by atoms with E-state index >= 15 is 0 Å². The van der Waals surface area contributed by atoms with Crippen molar-refractivity contribution < 1.29 is 14.3 Å². The average molecular weight is 242 g/mol. The molecular formula is C12H22N2O3. The van der Waals surface area contributed by atoms with Gasteiger partial charge in [0.25, 0.3) is 0 Å². The van der Waals surface area contributed by atoms with Crippen LogP contribution < -0.4 is 0 Å². The Hall–Kier alpha value is -1.10. The van der Waals surface area contributed by atoms with Gasteiger partial charge in [0.15, 0.2) is 0 Å². The molecule has 5 nitrogen and oxygen atoms in total. The van der Waals surface area contributed by atoms with Crippen molar-refractivity contribution in [2.75, 3.05) is 32.9 Å². The van der Waals surface area contributed by atoms with Crippen LogP contribution in [0.2, 0.25) is 0 Å². The molecule has 0 spiro atoms. The van der Waals surface area contributed by atoms with Crippen LogP contribution in [0.15, 0.2) is 4.99 Å². The summed E-state index contributed by atoms with van der Waals surface area (Å²) in [5.74, 6) is 1.13. The summed E-state index contributed by atoms with van der Waals surface area (Å²) in [5.41, 5.74) is 0. The number of morpholine rings is 1. The van der Waals surface area contributed by atoms with E-state index in [2.05, 4.69) is 9.89 Å². The molecule has 0 unspecified atom stereocenters. The molecule has 0 N–H and O–H groups in total. The fourth-order valence-electron chi connectivity index (χ4n) is 1.57. The van der Waals surface area contributed by atoms with E-state index in [-0.39, 0.29) is 0 Å². The van der Waals surface area contributed by atoms with E-state index in [0.29, 0.717) is 25.7 Å². The molecule has 0 atom stereocenters. The second kappa shape index (κ2) is 7.27. The van der Waals surface area contributed by atoms with Gasteiger partial charge in [0, 0.05) is 19.5 Å². The van der Waals surface area contributed by atoms with Gasteiger partial charge in [-0.1, -0.05) is 20.8 Å². The van der Waals surface area contributed by atoms with E-state index in [1.165, 1.54) is 0 Å². The highest BCUT2D eigenvalue weighted by molar-refractivity contribution is 5.91. The lowest BCUT2D eigenvalue weighted by Gasteiger charge is -2.29. The van der Waals surface area contributed by atoms with Crippen LogP contribution in [0.3, 0.4) is 0 Å². The Balaban J connectivity index is 2.49. The third kappa shape index (κ3) is 5.17. The van der Waals surface area contributed by atoms with Crippen molar-refractivity contribution in [1.29, 1.82) is 0 Å². The van der Waals surface area contributed by atoms with Crippen LogP contribution >= 0.6 is 0 Å². The average Bonchev–Trinajstić information content (AvgIpc) is 2.34. The number of amidine groups is 1. The van der Waals surface area contributed by atoms with Crippen LogP contribution in [-0.4, -0.2) is 49.7 Å². The quantitative estimate of drug-likeness (QED) is 0.560. The van der Waals surface area contributed by atoms with Crippen molar-refractivity contribution in [1.82, 2.24) is 4.90 Å². The summed E-state index contributed by atoms with van der Waals surface area (Å²) < 4.78 is 10.3. The van der Waals surface area contributed by atoms with Crippen LogP contribution in [0.5, 0.6) is 0 Å². The summed E-state index contributed by atoms with van der Waals surface area (Å²) in [4.78, 5) is 17.6. The number of carbonyl (C=O) groups excluding carboxylic acids is 1. The number of hydrogen-bond donors (Lipinski definition) is 0. The lowest BCUT2D eigenvalue weighted by molar-refractivity contribution is 0.0669. The highest BCUT2D eigenvalue weighted by Crippen LogP contribution is 2.03. The predicted octanol–water partition coefficient (Wildman–Crippen LogP) is 1.92. The van der Waals surface area contributed by atoms with Gasteiger partial charge in [0.05, 0.1) is 19.8 Å². The minimum Gasteiger partial charge on any atom is -0.448 e. The fourth-order valence-corrected chi connectivity index (χ4v) is 1.57. The highest BCUT2D eigenvalue weighted by atomic mass is 16.5. The van der Waals surface area contributed by atoms with Crippen molar-refractivity contribution in [2.45, 2.75) is 27.2 Å². The molecule has 1 aliphatic rings. The number of nitrogens with zero attached hydrogens (tertiary/aromatic N) is 2. The monoisotopic (exact) mass is 242 g/mol. The van der Waals surface area contributed by atoms with Gasteiger partial charge >= 0.3 is 6.09 Å². The van der Waals surface area contributed by atoms with Crippen LogP contribution in [0.1, 0.15) is 27.2 Å². The minimum absolute atomic E-state index is 0.336. The zero-order valence-corrected chi connectivity index (χ0v) is 10.9. The molecule has 1 rings (SSSR count). The standard InChI is InChI=1S/C12H22N2O3/c1-4-11(14-5-7-16-8-6-14)13-12(15)17-9-10(2)3/h10H,4-9H2,1-3H3/b13-11-. The molecule has 1 aliphatic heterocycles. The predicted molar refractivity (Wildman–Crippen MR) is 66.3 cm³/mol. The van der Waals surface area contributed by atoms with Gasteiger partial charge in [0.2, 0.25) is 0 Å². The molecule has 1 amide bonds. The van der Waals surface area contributed by atoms with Crippen molar-refractivity contribution >= 4 is 11.9 Å². The maximum Gasteiger partial charge on any atom is 0.435 e. The summed E-state index contributed by atoms with van der Waals surface area (Å²) in [7, 11) is 0. The molecule has 17 heavy (non-hydrogen) atoms. The zero-order chi connectivity index (χ0) is 12.7. The molecule has 0 radical (unpaired) electrons. The third-order valence-electron chi connectivity index (χ3n) is 2.45. The molecule has 98 valence electrons. The van der Waals surface area contributed by atoms with Crippen molar-refractivity contribution in [2.24, 2.45) is 10.9 Å². The van der Waals surface area contributed by atoms with Gasteiger partial charge in [-0.25, -0.2) is 4.79 Å². The number of ether oxygens (including phenoxy) is 2. The Bertz CT molecular complexity index is 271. The van der Waals surface area contributed by atoms with Crippen LogP contribution in [0.4, 0.5) is 4.79 Å². The SMILES string of the molecule is CC/C(=N/C(=O)OCC(C)C)N1CCOCC1. The van der Waals surface area contributed by atoms with Crippen molar-refractivity contribution in [3.63, 3.8) is 0 Å². The van der Waals surface area contributed by atoms with Crippen LogP contribution in [-0.2, 0) is 9.47 Å². The summed E-state index contributed by atoms with van der Waals surface area (Å²) in [6.07, 6.45) is 0.249. The topological polar surface area (TPSA) is 51.1 Å². The first kappa shape index (κ1) is 14.0. The summed E-state index contributed by atoms with van der Waals surface area (Å²) in [6, 6.07) is 0. The second-order valence-electron chi connectivity index (χ2n) is 4.45. The number of hydrogen-bond acceptors (Lipinski definition) is 3. The first-order valence-electron chi connectivity index (χ1n) is 6.20. The Morgan fingerprint density at radius 3 is 2.59 bits per heavy atom. The molecule has 1 fully saturated rings. The Morgan fingerprint density at radius 1 is 1.41 bits per heavy atom. The van der Waals surface area contributed by atoms with Gasteiger partial charge in [-0.15, -0.1) is 0 Å². The van der Waals surface area contributed by atoms with Crippen molar-refractivity contribution in [3.8, 4) is 0 Å². The lowest BCUT2D eigenvalue weighted by Crippen LogP contribution is -2.40. The largest absolute Gasteiger partial charge is 0.448 e. The highest BCUT2D eigenvalue weighted by Gasteiger charge is 2.15. The molecule has 1 saturated heterocycles. The third-order valence-corrected chi connectivity index (χ3v) is 2.45. The molecule has 1 heterocycles. The fraction of sp³-hybridized carbons (Fsp3) is 0.833. The number of amides is 1. The van der Waals surface area contributed by atoms with E-state index < -0.39 is 6.09 Å². The normalized spacial score (nSPS) is 17.4. The molecule has 0 aromatic carbocycles. The van der Waals surface area contributed by atoms with E-state index in [4.69, 9.17) is 9.47 Å². The van der Waals surface area contributed by atoms with Crippen LogP contribution in [0.25, 0.3) is 0 Å². The van der Waals surface area contributed by atoms with E-state index in [9.17, 15) is 4.79 Å². The summed E-state index contributed by atoms with van der Waals surface area (Å²) >= 11 is 0. The maximum atomic E-state index is 11.5. The second-order valence-corrected chi connectivity index (χ2v) is 4.45. The lowest BCUT2D eigenvalue weighted by atomic mass is 10.2. The van der Waals surface area contributed by atoms with Gasteiger partial charge in [-0.3, -0.25) is 0 Å². The smallest absolute Gasteiger partial charge is 0.435 e. The molecule has 0 bridgehead atoms. The van der Waals surface area contributed by atoms with Gasteiger partial charge in [-0.2, -0.15) is 4.99 Å². The number of carbonyl (C=O) groups is 1. The number of aliphatic imine (C=N–C) groups is 1. The molecular weight excluding hydrogens is 220 g/mol. The Labute approximate surface area is 103 Å². The minimum atomic E-state index is -0.484. The van der Waals surface area contributed by atoms with Gasteiger partial charge in [0.1, 0.15) is 5.84 Å². The first-order valence-corrected chi connectivity index (χ1v) is 6.20. The molecule has 0 saturated carbocycles. The number of rotatable bonds is 3. The van der Waals surface area contributed by atoms with Crippen molar-refractivity contribution in [3.05, 3.63) is 0 Å². The zero-order valence-electron chi connectivity index (χ0n) is 10.9. The van der Waals surface area contributed by atoms with Gasteiger partial charge in [-0.05, 0) is 5.92 Å². The van der Waals surface area contributed by atoms with E-state index in [1.807, 2.05) is 20.8 Å². The summed E-state index contributed by atoms with van der Waals surface area (Å²) in [5, 5.41) is 0. The van der Waals surface area contributed by atoms with Gasteiger partial charge < -0.3 is 14.4 Å². The Morgan fingerprint density at radius 2 is 2.06 bits per heavy atom. The van der Waals surface area contributed by atoms with E-state index in [0.717, 1.165) is 25.3 Å². The Kier molecular flexibility index (Phi) is 5.97.